The molecule has 2 atom stereocenters. The fraction of sp³-hybridized carbons (Fsp3) is 0.688. The van der Waals surface area contributed by atoms with Crippen LogP contribution >= 0.6 is 0 Å². The van der Waals surface area contributed by atoms with E-state index < -0.39 is 0 Å². The van der Waals surface area contributed by atoms with Gasteiger partial charge in [-0.1, -0.05) is 20.8 Å². The molecule has 6 heteroatoms. The van der Waals surface area contributed by atoms with Crippen molar-refractivity contribution in [2.75, 3.05) is 11.4 Å². The Hall–Kier alpha value is -1.85. The molecule has 1 aromatic heterocycles. The molecule has 1 N–H and O–H groups in total. The van der Waals surface area contributed by atoms with Gasteiger partial charge in [-0.15, -0.1) is 0 Å². The minimum absolute atomic E-state index is 0.00611. The summed E-state index contributed by atoms with van der Waals surface area (Å²) in [5, 5.41) is 7.25. The molecule has 1 aromatic rings. The maximum absolute atomic E-state index is 12.2. The molecular formula is C16H26N4O2. The van der Waals surface area contributed by atoms with Crippen LogP contribution in [0.1, 0.15) is 40.5 Å². The lowest BCUT2D eigenvalue weighted by molar-refractivity contribution is -0.126. The molecule has 1 aliphatic rings. The number of hydrogen-bond donors (Lipinski definition) is 1. The largest absolute Gasteiger partial charge is 0.353 e. The number of carbonyl (C=O) groups is 2. The second kappa shape index (κ2) is 6.94. The lowest BCUT2D eigenvalue weighted by atomic mass is 10.1. The molecule has 0 aromatic carbocycles. The van der Waals surface area contributed by atoms with Gasteiger partial charge in [0, 0.05) is 31.7 Å². The van der Waals surface area contributed by atoms with Gasteiger partial charge in [0.25, 0.3) is 0 Å². The Morgan fingerprint density at radius 1 is 1.45 bits per heavy atom. The van der Waals surface area contributed by atoms with Gasteiger partial charge in [-0.05, 0) is 19.3 Å². The van der Waals surface area contributed by atoms with Gasteiger partial charge in [0.2, 0.25) is 11.8 Å². The van der Waals surface area contributed by atoms with Crippen molar-refractivity contribution in [1.29, 1.82) is 0 Å². The lowest BCUT2D eigenvalue weighted by Crippen LogP contribution is -2.38. The van der Waals surface area contributed by atoms with Gasteiger partial charge >= 0.3 is 0 Å². The second-order valence-corrected chi connectivity index (χ2v) is 6.54. The molecule has 122 valence electrons. The molecule has 0 aliphatic carbocycles. The summed E-state index contributed by atoms with van der Waals surface area (Å²) in [6, 6.07) is 0.144. The zero-order valence-electron chi connectivity index (χ0n) is 13.9. The fourth-order valence-corrected chi connectivity index (χ4v) is 2.56. The first kappa shape index (κ1) is 16.5. The quantitative estimate of drug-likeness (QED) is 0.871. The standard InChI is InChI=1S/C16H26N4O2/c1-5-12(4)18-16(22)13-6-15(21)20(9-13)14-7-17-19(10-14)8-11(2)3/h7,10-13H,5-6,8-9H2,1-4H3,(H,18,22)/t12-,13+/m1/s1. The van der Waals surface area contributed by atoms with Gasteiger partial charge in [0.1, 0.15) is 0 Å². The van der Waals surface area contributed by atoms with E-state index in [1.54, 1.807) is 11.1 Å². The van der Waals surface area contributed by atoms with Crippen LogP contribution < -0.4 is 10.2 Å². The number of hydrogen-bond acceptors (Lipinski definition) is 3. The molecule has 0 saturated carbocycles. The summed E-state index contributed by atoms with van der Waals surface area (Å²) in [6.07, 6.45) is 4.75. The summed E-state index contributed by atoms with van der Waals surface area (Å²) in [5.74, 6) is 0.194. The predicted molar refractivity (Wildman–Crippen MR) is 85.4 cm³/mol. The molecule has 2 rings (SSSR count). The van der Waals surface area contributed by atoms with Crippen molar-refractivity contribution in [2.24, 2.45) is 11.8 Å². The number of nitrogens with zero attached hydrogens (tertiary/aromatic N) is 3. The Balaban J connectivity index is 2.00. The predicted octanol–water partition coefficient (Wildman–Crippen LogP) is 1.81. The molecule has 0 bridgehead atoms. The number of aromatic nitrogens is 2. The van der Waals surface area contributed by atoms with E-state index in [1.165, 1.54) is 0 Å². The highest BCUT2D eigenvalue weighted by Crippen LogP contribution is 2.25. The minimum Gasteiger partial charge on any atom is -0.353 e. The first-order valence-corrected chi connectivity index (χ1v) is 8.03. The summed E-state index contributed by atoms with van der Waals surface area (Å²) in [6.45, 7) is 9.51. The molecule has 6 nitrogen and oxygen atoms in total. The summed E-state index contributed by atoms with van der Waals surface area (Å²) < 4.78 is 1.85. The number of carbonyl (C=O) groups excluding carboxylic acids is 2. The Kier molecular flexibility index (Phi) is 5.21. The normalized spacial score (nSPS) is 19.8. The number of anilines is 1. The first-order valence-electron chi connectivity index (χ1n) is 8.03. The monoisotopic (exact) mass is 306 g/mol. The van der Waals surface area contributed by atoms with E-state index in [0.717, 1.165) is 18.7 Å². The van der Waals surface area contributed by atoms with E-state index in [1.807, 2.05) is 24.7 Å². The molecule has 2 heterocycles. The second-order valence-electron chi connectivity index (χ2n) is 6.54. The molecule has 1 saturated heterocycles. The molecular weight excluding hydrogens is 280 g/mol. The number of rotatable bonds is 6. The van der Waals surface area contributed by atoms with Gasteiger partial charge in [-0.3, -0.25) is 14.3 Å². The minimum atomic E-state index is -0.269. The Bertz CT molecular complexity index is 538. The summed E-state index contributed by atoms with van der Waals surface area (Å²) in [7, 11) is 0. The van der Waals surface area contributed by atoms with Gasteiger partial charge in [0.05, 0.1) is 17.8 Å². The van der Waals surface area contributed by atoms with Gasteiger partial charge in [-0.25, -0.2) is 0 Å². The third kappa shape index (κ3) is 3.87. The lowest BCUT2D eigenvalue weighted by Gasteiger charge is -2.16. The fourth-order valence-electron chi connectivity index (χ4n) is 2.56. The molecule has 22 heavy (non-hydrogen) atoms. The van der Waals surface area contributed by atoms with Crippen LogP contribution in [0, 0.1) is 11.8 Å². The molecule has 0 spiro atoms. The molecule has 1 fully saturated rings. The van der Waals surface area contributed by atoms with Crippen LogP contribution in [-0.2, 0) is 16.1 Å². The van der Waals surface area contributed by atoms with Crippen molar-refractivity contribution in [3.8, 4) is 0 Å². The van der Waals surface area contributed by atoms with Crippen LogP contribution in [-0.4, -0.2) is 34.2 Å². The maximum atomic E-state index is 12.2. The average molecular weight is 306 g/mol. The third-order valence-electron chi connectivity index (χ3n) is 3.98. The Labute approximate surface area is 131 Å². The highest BCUT2D eigenvalue weighted by molar-refractivity contribution is 6.00. The van der Waals surface area contributed by atoms with Crippen LogP contribution in [0.3, 0.4) is 0 Å². The van der Waals surface area contributed by atoms with E-state index in [4.69, 9.17) is 0 Å². The van der Waals surface area contributed by atoms with Crippen LogP contribution in [0.25, 0.3) is 0 Å². The van der Waals surface area contributed by atoms with Gasteiger partial charge < -0.3 is 10.2 Å². The first-order chi connectivity index (χ1) is 10.4. The van der Waals surface area contributed by atoms with E-state index in [2.05, 4.69) is 24.3 Å². The van der Waals surface area contributed by atoms with Crippen molar-refractivity contribution in [3.05, 3.63) is 12.4 Å². The zero-order chi connectivity index (χ0) is 16.3. The van der Waals surface area contributed by atoms with E-state index in [0.29, 0.717) is 12.5 Å². The maximum Gasteiger partial charge on any atom is 0.227 e. The summed E-state index contributed by atoms with van der Waals surface area (Å²) in [4.78, 5) is 26.0. The topological polar surface area (TPSA) is 67.2 Å². The van der Waals surface area contributed by atoms with E-state index >= 15 is 0 Å². The van der Waals surface area contributed by atoms with Crippen molar-refractivity contribution >= 4 is 17.5 Å². The summed E-state index contributed by atoms with van der Waals surface area (Å²) in [5.41, 5.74) is 0.782. The van der Waals surface area contributed by atoms with Crippen LogP contribution in [0.5, 0.6) is 0 Å². The van der Waals surface area contributed by atoms with Crippen LogP contribution in [0.2, 0.25) is 0 Å². The smallest absolute Gasteiger partial charge is 0.227 e. The Morgan fingerprint density at radius 3 is 2.82 bits per heavy atom. The van der Waals surface area contributed by atoms with Crippen molar-refractivity contribution in [1.82, 2.24) is 15.1 Å². The van der Waals surface area contributed by atoms with Gasteiger partial charge in [-0.2, -0.15) is 5.10 Å². The SMILES string of the molecule is CC[C@@H](C)NC(=O)[C@H]1CC(=O)N(c2cnn(CC(C)C)c2)C1. The van der Waals surface area contributed by atoms with Crippen molar-refractivity contribution < 1.29 is 9.59 Å². The van der Waals surface area contributed by atoms with Crippen LogP contribution in [0.4, 0.5) is 5.69 Å². The molecule has 0 unspecified atom stereocenters. The number of amides is 2. The molecule has 1 aliphatic heterocycles. The third-order valence-corrected chi connectivity index (χ3v) is 3.98. The number of nitrogens with one attached hydrogen (secondary N) is 1. The average Bonchev–Trinajstić information content (AvgIpc) is 3.04. The molecule has 2 amide bonds. The van der Waals surface area contributed by atoms with Crippen LogP contribution in [0.15, 0.2) is 12.4 Å². The van der Waals surface area contributed by atoms with E-state index in [-0.39, 0.29) is 30.2 Å². The van der Waals surface area contributed by atoms with Gasteiger partial charge in [0.15, 0.2) is 0 Å². The summed E-state index contributed by atoms with van der Waals surface area (Å²) >= 11 is 0. The molecule has 0 radical (unpaired) electrons. The van der Waals surface area contributed by atoms with Crippen molar-refractivity contribution in [2.45, 2.75) is 53.1 Å². The van der Waals surface area contributed by atoms with Crippen molar-refractivity contribution in [3.63, 3.8) is 0 Å². The van der Waals surface area contributed by atoms with E-state index in [9.17, 15) is 9.59 Å². The Morgan fingerprint density at radius 2 is 2.18 bits per heavy atom. The zero-order valence-corrected chi connectivity index (χ0v) is 13.9. The highest BCUT2D eigenvalue weighted by atomic mass is 16.2. The highest BCUT2D eigenvalue weighted by Gasteiger charge is 2.35.